The standard InChI is InChI=1S/C22H16FN3O/c23-19-11-4-5-12-20(19)25-22(27)17-9-6-10-18(15-17)26-21(13-14-24-26)16-7-2-1-3-8-16/h1-15H,(H,25,27). The van der Waals surface area contributed by atoms with E-state index in [1.165, 1.54) is 12.1 Å². The molecular formula is C22H16FN3O. The SMILES string of the molecule is O=C(Nc1ccccc1F)c1cccc(-n2nccc2-c2ccccc2)c1. The van der Waals surface area contributed by atoms with Crippen molar-refractivity contribution in [2.24, 2.45) is 0 Å². The third kappa shape index (κ3) is 3.48. The van der Waals surface area contributed by atoms with Gasteiger partial charge in [-0.1, -0.05) is 48.5 Å². The number of anilines is 1. The van der Waals surface area contributed by atoms with Crippen LogP contribution in [0, 0.1) is 5.82 Å². The summed E-state index contributed by atoms with van der Waals surface area (Å²) < 4.78 is 15.6. The highest BCUT2D eigenvalue weighted by Crippen LogP contribution is 2.23. The Kier molecular flexibility index (Phi) is 4.49. The van der Waals surface area contributed by atoms with E-state index in [0.29, 0.717) is 5.56 Å². The quantitative estimate of drug-likeness (QED) is 0.563. The molecule has 1 aromatic heterocycles. The minimum Gasteiger partial charge on any atom is -0.319 e. The van der Waals surface area contributed by atoms with Crippen LogP contribution in [0.5, 0.6) is 0 Å². The van der Waals surface area contributed by atoms with Crippen molar-refractivity contribution in [1.82, 2.24) is 9.78 Å². The zero-order valence-corrected chi connectivity index (χ0v) is 14.3. The summed E-state index contributed by atoms with van der Waals surface area (Å²) in [5.41, 5.74) is 3.26. The van der Waals surface area contributed by atoms with Crippen LogP contribution in [0.25, 0.3) is 16.9 Å². The second kappa shape index (κ2) is 7.25. The van der Waals surface area contributed by atoms with Gasteiger partial charge in [0.05, 0.1) is 23.3 Å². The van der Waals surface area contributed by atoms with Crippen LogP contribution in [0.1, 0.15) is 10.4 Å². The summed E-state index contributed by atoms with van der Waals surface area (Å²) in [5, 5.41) is 6.99. The Morgan fingerprint density at radius 2 is 1.67 bits per heavy atom. The molecule has 132 valence electrons. The van der Waals surface area contributed by atoms with Crippen LogP contribution < -0.4 is 5.32 Å². The smallest absolute Gasteiger partial charge is 0.255 e. The highest BCUT2D eigenvalue weighted by Gasteiger charge is 2.12. The zero-order valence-electron chi connectivity index (χ0n) is 14.3. The van der Waals surface area contributed by atoms with E-state index in [2.05, 4.69) is 10.4 Å². The summed E-state index contributed by atoms with van der Waals surface area (Å²) in [6, 6.07) is 25.0. The summed E-state index contributed by atoms with van der Waals surface area (Å²) in [6.45, 7) is 0. The maximum absolute atomic E-state index is 13.8. The Morgan fingerprint density at radius 3 is 2.48 bits per heavy atom. The van der Waals surface area contributed by atoms with Crippen LogP contribution in [0.4, 0.5) is 10.1 Å². The molecule has 0 aliphatic rings. The van der Waals surface area contributed by atoms with E-state index in [1.54, 1.807) is 41.2 Å². The second-order valence-electron chi connectivity index (χ2n) is 5.98. The maximum Gasteiger partial charge on any atom is 0.255 e. The van der Waals surface area contributed by atoms with Crippen LogP contribution in [-0.4, -0.2) is 15.7 Å². The Labute approximate surface area is 155 Å². The number of aromatic nitrogens is 2. The largest absolute Gasteiger partial charge is 0.319 e. The van der Waals surface area contributed by atoms with E-state index in [9.17, 15) is 9.18 Å². The Bertz CT molecular complexity index is 1090. The fourth-order valence-electron chi connectivity index (χ4n) is 2.87. The molecular weight excluding hydrogens is 341 g/mol. The summed E-state index contributed by atoms with van der Waals surface area (Å²) in [5.74, 6) is -0.851. The molecule has 4 nitrogen and oxygen atoms in total. The van der Waals surface area contributed by atoms with Gasteiger partial charge in [-0.25, -0.2) is 9.07 Å². The first-order chi connectivity index (χ1) is 13.2. The van der Waals surface area contributed by atoms with E-state index in [0.717, 1.165) is 16.9 Å². The maximum atomic E-state index is 13.8. The molecule has 1 amide bonds. The van der Waals surface area contributed by atoms with E-state index in [4.69, 9.17) is 0 Å². The number of rotatable bonds is 4. The molecule has 1 heterocycles. The van der Waals surface area contributed by atoms with Crippen molar-refractivity contribution in [3.63, 3.8) is 0 Å². The molecule has 0 bridgehead atoms. The molecule has 0 saturated carbocycles. The average molecular weight is 357 g/mol. The number of halogens is 1. The molecule has 4 rings (SSSR count). The number of amides is 1. The molecule has 4 aromatic rings. The molecule has 27 heavy (non-hydrogen) atoms. The predicted molar refractivity (Wildman–Crippen MR) is 103 cm³/mol. The minimum absolute atomic E-state index is 0.150. The Morgan fingerprint density at radius 1 is 0.889 bits per heavy atom. The number of hydrogen-bond acceptors (Lipinski definition) is 2. The van der Waals surface area contributed by atoms with Crippen molar-refractivity contribution in [2.45, 2.75) is 0 Å². The van der Waals surface area contributed by atoms with Gasteiger partial charge in [-0.15, -0.1) is 0 Å². The number of hydrogen-bond donors (Lipinski definition) is 1. The predicted octanol–water partition coefficient (Wildman–Crippen LogP) is 4.93. The van der Waals surface area contributed by atoms with Crippen LogP contribution in [0.15, 0.2) is 91.1 Å². The number of nitrogens with zero attached hydrogens (tertiary/aromatic N) is 2. The topological polar surface area (TPSA) is 46.9 Å². The summed E-state index contributed by atoms with van der Waals surface area (Å²) in [4.78, 5) is 12.5. The van der Waals surface area contributed by atoms with Gasteiger partial charge in [-0.05, 0) is 36.4 Å². The van der Waals surface area contributed by atoms with Gasteiger partial charge in [-0.3, -0.25) is 4.79 Å². The average Bonchev–Trinajstić information content (AvgIpc) is 3.20. The van der Waals surface area contributed by atoms with E-state index in [1.807, 2.05) is 42.5 Å². The molecule has 0 aliphatic heterocycles. The Balaban J connectivity index is 1.65. The molecule has 1 N–H and O–H groups in total. The van der Waals surface area contributed by atoms with Gasteiger partial charge in [0.2, 0.25) is 0 Å². The van der Waals surface area contributed by atoms with Crippen molar-refractivity contribution < 1.29 is 9.18 Å². The molecule has 0 radical (unpaired) electrons. The Hall–Kier alpha value is -3.73. The van der Waals surface area contributed by atoms with Gasteiger partial charge in [0.15, 0.2) is 0 Å². The molecule has 0 fully saturated rings. The lowest BCUT2D eigenvalue weighted by Crippen LogP contribution is -2.13. The highest BCUT2D eigenvalue weighted by atomic mass is 19.1. The van der Waals surface area contributed by atoms with Crippen LogP contribution in [-0.2, 0) is 0 Å². The fourth-order valence-corrected chi connectivity index (χ4v) is 2.87. The molecule has 5 heteroatoms. The van der Waals surface area contributed by atoms with E-state index in [-0.39, 0.29) is 11.6 Å². The van der Waals surface area contributed by atoms with Gasteiger partial charge < -0.3 is 5.32 Å². The fraction of sp³-hybridized carbons (Fsp3) is 0. The van der Waals surface area contributed by atoms with Gasteiger partial charge in [0, 0.05) is 11.1 Å². The van der Waals surface area contributed by atoms with Crippen LogP contribution >= 0.6 is 0 Å². The molecule has 0 unspecified atom stereocenters. The zero-order chi connectivity index (χ0) is 18.6. The lowest BCUT2D eigenvalue weighted by atomic mass is 10.1. The normalized spacial score (nSPS) is 10.6. The summed E-state index contributed by atoms with van der Waals surface area (Å²) in [6.07, 6.45) is 1.72. The number of carbonyl (C=O) groups is 1. The first-order valence-corrected chi connectivity index (χ1v) is 8.48. The third-order valence-corrected chi connectivity index (χ3v) is 4.19. The third-order valence-electron chi connectivity index (χ3n) is 4.19. The molecule has 0 atom stereocenters. The lowest BCUT2D eigenvalue weighted by molar-refractivity contribution is 0.102. The summed E-state index contributed by atoms with van der Waals surface area (Å²) >= 11 is 0. The van der Waals surface area contributed by atoms with Gasteiger partial charge in [0.1, 0.15) is 5.82 Å². The highest BCUT2D eigenvalue weighted by molar-refractivity contribution is 6.04. The molecule has 0 spiro atoms. The molecule has 0 saturated heterocycles. The first kappa shape index (κ1) is 16.7. The number of benzene rings is 3. The van der Waals surface area contributed by atoms with Crippen molar-refractivity contribution in [1.29, 1.82) is 0 Å². The lowest BCUT2D eigenvalue weighted by Gasteiger charge is -2.10. The van der Waals surface area contributed by atoms with Crippen LogP contribution in [0.2, 0.25) is 0 Å². The molecule has 3 aromatic carbocycles. The van der Waals surface area contributed by atoms with Crippen molar-refractivity contribution >= 4 is 11.6 Å². The van der Waals surface area contributed by atoms with Gasteiger partial charge in [-0.2, -0.15) is 5.10 Å². The van der Waals surface area contributed by atoms with Gasteiger partial charge in [0.25, 0.3) is 5.91 Å². The van der Waals surface area contributed by atoms with Crippen molar-refractivity contribution in [3.05, 3.63) is 103 Å². The van der Waals surface area contributed by atoms with Crippen molar-refractivity contribution in [2.75, 3.05) is 5.32 Å². The monoisotopic (exact) mass is 357 g/mol. The number of carbonyl (C=O) groups excluding carboxylic acids is 1. The van der Waals surface area contributed by atoms with E-state index < -0.39 is 5.82 Å². The van der Waals surface area contributed by atoms with Gasteiger partial charge >= 0.3 is 0 Å². The second-order valence-corrected chi connectivity index (χ2v) is 5.98. The van der Waals surface area contributed by atoms with Crippen molar-refractivity contribution in [3.8, 4) is 16.9 Å². The number of para-hydroxylation sites is 1. The first-order valence-electron chi connectivity index (χ1n) is 8.48. The molecule has 0 aliphatic carbocycles. The summed E-state index contributed by atoms with van der Waals surface area (Å²) in [7, 11) is 0. The van der Waals surface area contributed by atoms with E-state index >= 15 is 0 Å². The minimum atomic E-state index is -0.472. The number of nitrogens with one attached hydrogen (secondary N) is 1. The van der Waals surface area contributed by atoms with Crippen LogP contribution in [0.3, 0.4) is 0 Å².